The molecule has 0 aromatic carbocycles. The monoisotopic (exact) mass is 300 g/mol. The van der Waals surface area contributed by atoms with E-state index in [2.05, 4.69) is 58.3 Å². The number of nitrogens with zero attached hydrogens (tertiary/aromatic N) is 1. The van der Waals surface area contributed by atoms with Crippen molar-refractivity contribution < 1.29 is 0 Å². The summed E-state index contributed by atoms with van der Waals surface area (Å²) in [5, 5.41) is 7.98. The number of aromatic nitrogens is 1. The van der Waals surface area contributed by atoms with Gasteiger partial charge in [0.05, 0.1) is 6.04 Å². The molecule has 3 aromatic rings. The third-order valence-electron chi connectivity index (χ3n) is 3.26. The van der Waals surface area contributed by atoms with Crippen LogP contribution in [0.5, 0.6) is 0 Å². The van der Waals surface area contributed by atoms with Crippen molar-refractivity contribution in [1.82, 2.24) is 10.3 Å². The highest BCUT2D eigenvalue weighted by molar-refractivity contribution is 7.11. The Hall–Kier alpha value is -1.49. The van der Waals surface area contributed by atoms with Crippen LogP contribution in [0.3, 0.4) is 0 Å². The Kier molecular flexibility index (Phi) is 4.25. The van der Waals surface area contributed by atoms with Crippen LogP contribution in [0.1, 0.15) is 34.3 Å². The van der Waals surface area contributed by atoms with Crippen molar-refractivity contribution in [3.8, 4) is 0 Å². The van der Waals surface area contributed by atoms with Gasteiger partial charge >= 0.3 is 0 Å². The lowest BCUT2D eigenvalue weighted by Crippen LogP contribution is -2.24. The maximum absolute atomic E-state index is 4.20. The van der Waals surface area contributed by atoms with E-state index >= 15 is 0 Å². The van der Waals surface area contributed by atoms with Crippen molar-refractivity contribution in [1.29, 1.82) is 0 Å². The SMILES string of the molecule is C[C@@H](NC(c1cccs1)c1cccs1)c1cccnc1. The Morgan fingerprint density at radius 1 is 1.00 bits per heavy atom. The number of nitrogens with one attached hydrogen (secondary N) is 1. The first-order valence-electron chi connectivity index (χ1n) is 6.57. The van der Waals surface area contributed by atoms with E-state index in [1.165, 1.54) is 15.3 Å². The molecular formula is C16H16N2S2. The highest BCUT2D eigenvalue weighted by atomic mass is 32.1. The second kappa shape index (κ2) is 6.31. The van der Waals surface area contributed by atoms with Gasteiger partial charge in [-0.1, -0.05) is 18.2 Å². The van der Waals surface area contributed by atoms with E-state index < -0.39 is 0 Å². The molecule has 0 saturated carbocycles. The van der Waals surface area contributed by atoms with Crippen molar-refractivity contribution in [3.05, 3.63) is 74.9 Å². The van der Waals surface area contributed by atoms with E-state index in [0.29, 0.717) is 0 Å². The van der Waals surface area contributed by atoms with Crippen LogP contribution in [-0.4, -0.2) is 4.98 Å². The van der Waals surface area contributed by atoms with Crippen LogP contribution in [0.4, 0.5) is 0 Å². The maximum atomic E-state index is 4.20. The smallest absolute Gasteiger partial charge is 0.0769 e. The third-order valence-corrected chi connectivity index (χ3v) is 5.13. The van der Waals surface area contributed by atoms with Crippen LogP contribution >= 0.6 is 22.7 Å². The van der Waals surface area contributed by atoms with E-state index in [0.717, 1.165) is 0 Å². The Balaban J connectivity index is 1.84. The Morgan fingerprint density at radius 2 is 1.70 bits per heavy atom. The predicted octanol–water partition coefficient (Wildman–Crippen LogP) is 4.64. The molecule has 4 heteroatoms. The summed E-state index contributed by atoms with van der Waals surface area (Å²) >= 11 is 3.59. The number of rotatable bonds is 5. The highest BCUT2D eigenvalue weighted by Crippen LogP contribution is 2.31. The summed E-state index contributed by atoms with van der Waals surface area (Å²) in [4.78, 5) is 6.90. The van der Waals surface area contributed by atoms with Gasteiger partial charge in [0, 0.05) is 28.2 Å². The van der Waals surface area contributed by atoms with Crippen LogP contribution in [0.2, 0.25) is 0 Å². The lowest BCUT2D eigenvalue weighted by atomic mass is 10.1. The van der Waals surface area contributed by atoms with E-state index in [1.807, 2.05) is 18.5 Å². The minimum atomic E-state index is 0.255. The van der Waals surface area contributed by atoms with Crippen molar-refractivity contribution in [3.63, 3.8) is 0 Å². The lowest BCUT2D eigenvalue weighted by Gasteiger charge is -2.22. The van der Waals surface area contributed by atoms with Crippen molar-refractivity contribution in [2.45, 2.75) is 19.0 Å². The largest absolute Gasteiger partial charge is 0.298 e. The molecule has 0 saturated heterocycles. The molecule has 1 atom stereocenters. The minimum Gasteiger partial charge on any atom is -0.298 e. The second-order valence-corrected chi connectivity index (χ2v) is 6.60. The van der Waals surface area contributed by atoms with E-state index in [9.17, 15) is 0 Å². The zero-order valence-corrected chi connectivity index (χ0v) is 12.8. The standard InChI is InChI=1S/C16H16N2S2/c1-12(13-5-2-8-17-11-13)18-16(14-6-3-9-19-14)15-7-4-10-20-15/h2-12,16,18H,1H3/t12-/m1/s1. The molecule has 0 aliphatic heterocycles. The molecule has 0 aliphatic carbocycles. The lowest BCUT2D eigenvalue weighted by molar-refractivity contribution is 0.525. The normalized spacial score (nSPS) is 12.7. The second-order valence-electron chi connectivity index (χ2n) is 4.64. The van der Waals surface area contributed by atoms with Gasteiger partial charge in [-0.3, -0.25) is 10.3 Å². The first kappa shape index (κ1) is 13.5. The molecule has 20 heavy (non-hydrogen) atoms. The zero-order valence-electron chi connectivity index (χ0n) is 11.2. The van der Waals surface area contributed by atoms with Gasteiger partial charge in [0.15, 0.2) is 0 Å². The van der Waals surface area contributed by atoms with Crippen molar-refractivity contribution >= 4 is 22.7 Å². The van der Waals surface area contributed by atoms with Crippen LogP contribution in [0.15, 0.2) is 59.6 Å². The number of hydrogen-bond acceptors (Lipinski definition) is 4. The molecule has 0 amide bonds. The van der Waals surface area contributed by atoms with Crippen molar-refractivity contribution in [2.24, 2.45) is 0 Å². The maximum Gasteiger partial charge on any atom is 0.0769 e. The summed E-state index contributed by atoms with van der Waals surface area (Å²) in [6.07, 6.45) is 3.74. The summed E-state index contributed by atoms with van der Waals surface area (Å²) in [5.41, 5.74) is 1.21. The summed E-state index contributed by atoms with van der Waals surface area (Å²) in [7, 11) is 0. The number of hydrogen-bond donors (Lipinski definition) is 1. The first-order valence-corrected chi connectivity index (χ1v) is 8.33. The Bertz CT molecular complexity index is 584. The fourth-order valence-corrected chi connectivity index (χ4v) is 3.87. The summed E-state index contributed by atoms with van der Waals surface area (Å²) in [6.45, 7) is 2.19. The summed E-state index contributed by atoms with van der Waals surface area (Å²) < 4.78 is 0. The van der Waals surface area contributed by atoms with Crippen molar-refractivity contribution in [2.75, 3.05) is 0 Å². The Labute approximate surface area is 127 Å². The third kappa shape index (κ3) is 2.98. The molecule has 1 N–H and O–H groups in total. The molecule has 0 fully saturated rings. The first-order chi connectivity index (χ1) is 9.84. The molecule has 2 nitrogen and oxygen atoms in total. The molecule has 3 aromatic heterocycles. The molecule has 0 radical (unpaired) electrons. The van der Waals surface area contributed by atoms with E-state index in [1.54, 1.807) is 22.7 Å². The average molecular weight is 300 g/mol. The molecule has 3 rings (SSSR count). The van der Waals surface area contributed by atoms with Gasteiger partial charge in [-0.15, -0.1) is 22.7 Å². The van der Waals surface area contributed by atoms with Gasteiger partial charge in [-0.25, -0.2) is 0 Å². The molecular weight excluding hydrogens is 284 g/mol. The predicted molar refractivity (Wildman–Crippen MR) is 86.3 cm³/mol. The highest BCUT2D eigenvalue weighted by Gasteiger charge is 2.19. The molecule has 0 aliphatic rings. The van der Waals surface area contributed by atoms with Crippen LogP contribution < -0.4 is 5.32 Å². The summed E-state index contributed by atoms with van der Waals surface area (Å²) in [5.74, 6) is 0. The van der Waals surface area contributed by atoms with Gasteiger partial charge in [0.2, 0.25) is 0 Å². The van der Waals surface area contributed by atoms with Gasteiger partial charge in [-0.2, -0.15) is 0 Å². The summed E-state index contributed by atoms with van der Waals surface area (Å²) in [6, 6.07) is 13.2. The van der Waals surface area contributed by atoms with Crippen LogP contribution in [-0.2, 0) is 0 Å². The quantitative estimate of drug-likeness (QED) is 0.742. The van der Waals surface area contributed by atoms with Gasteiger partial charge in [0.1, 0.15) is 0 Å². The van der Waals surface area contributed by atoms with Crippen LogP contribution in [0, 0.1) is 0 Å². The Morgan fingerprint density at radius 3 is 2.20 bits per heavy atom. The molecule has 3 heterocycles. The van der Waals surface area contributed by atoms with E-state index in [4.69, 9.17) is 0 Å². The number of pyridine rings is 1. The van der Waals surface area contributed by atoms with Crippen LogP contribution in [0.25, 0.3) is 0 Å². The average Bonchev–Trinajstić information content (AvgIpc) is 3.19. The van der Waals surface area contributed by atoms with Gasteiger partial charge in [-0.05, 0) is 41.4 Å². The fraction of sp³-hybridized carbons (Fsp3) is 0.188. The minimum absolute atomic E-state index is 0.255. The fourth-order valence-electron chi connectivity index (χ4n) is 2.19. The molecule has 0 unspecified atom stereocenters. The number of thiophene rings is 2. The molecule has 0 bridgehead atoms. The zero-order chi connectivity index (χ0) is 13.8. The van der Waals surface area contributed by atoms with E-state index in [-0.39, 0.29) is 12.1 Å². The van der Waals surface area contributed by atoms with Gasteiger partial charge < -0.3 is 0 Å². The molecule has 0 spiro atoms. The van der Waals surface area contributed by atoms with Gasteiger partial charge in [0.25, 0.3) is 0 Å². The topological polar surface area (TPSA) is 24.9 Å². The molecule has 102 valence electrons.